The van der Waals surface area contributed by atoms with E-state index in [9.17, 15) is 0 Å². The lowest BCUT2D eigenvalue weighted by Gasteiger charge is -2.32. The second-order valence-corrected chi connectivity index (χ2v) is 6.70. The third-order valence-electron chi connectivity index (χ3n) is 3.16. The van der Waals surface area contributed by atoms with Crippen LogP contribution in [0.1, 0.15) is 43.8 Å². The van der Waals surface area contributed by atoms with Gasteiger partial charge in [0, 0.05) is 11.5 Å². The van der Waals surface area contributed by atoms with Crippen LogP contribution in [0, 0.1) is 19.3 Å². The molecule has 0 spiro atoms. The smallest absolute Gasteiger partial charge is 0.203 e. The van der Waals surface area contributed by atoms with Gasteiger partial charge in [-0.15, -0.1) is 0 Å². The second kappa shape index (κ2) is 5.29. The molecule has 0 radical (unpaired) electrons. The first-order chi connectivity index (χ1) is 8.88. The molecule has 1 aromatic heterocycles. The summed E-state index contributed by atoms with van der Waals surface area (Å²) in [6, 6.07) is 8.73. The minimum Gasteiger partial charge on any atom is -0.353 e. The number of nitrogens with zero attached hydrogens (tertiary/aromatic N) is 2. The van der Waals surface area contributed by atoms with Crippen molar-refractivity contribution in [2.45, 2.75) is 40.7 Å². The highest BCUT2D eigenvalue weighted by Gasteiger charge is 2.28. The van der Waals surface area contributed by atoms with Crippen LogP contribution in [0.15, 0.2) is 24.3 Å². The molecule has 0 bridgehead atoms. The largest absolute Gasteiger partial charge is 0.353 e. The topological polar surface area (TPSA) is 37.8 Å². The van der Waals surface area contributed by atoms with Gasteiger partial charge >= 0.3 is 0 Å². The molecule has 3 nitrogen and oxygen atoms in total. The van der Waals surface area contributed by atoms with Gasteiger partial charge in [-0.25, -0.2) is 4.98 Å². The van der Waals surface area contributed by atoms with Crippen LogP contribution in [0.2, 0.25) is 0 Å². The lowest BCUT2D eigenvalue weighted by molar-refractivity contribution is 0.346. The molecule has 19 heavy (non-hydrogen) atoms. The third-order valence-corrected chi connectivity index (χ3v) is 3.90. The fourth-order valence-electron chi connectivity index (χ4n) is 2.15. The van der Waals surface area contributed by atoms with E-state index in [4.69, 9.17) is 0 Å². The number of hydrogen-bond donors (Lipinski definition) is 1. The van der Waals surface area contributed by atoms with E-state index in [1.54, 1.807) is 0 Å². The van der Waals surface area contributed by atoms with Gasteiger partial charge in [-0.05, 0) is 30.4 Å². The average Bonchev–Trinajstić information content (AvgIpc) is 2.72. The van der Waals surface area contributed by atoms with Crippen molar-refractivity contribution in [1.29, 1.82) is 0 Å². The zero-order chi connectivity index (χ0) is 14.0. The molecule has 0 aliphatic carbocycles. The summed E-state index contributed by atoms with van der Waals surface area (Å²) in [4.78, 5) is 4.42. The fraction of sp³-hybridized carbons (Fsp3) is 0.467. The lowest BCUT2D eigenvalue weighted by Crippen LogP contribution is -2.26. The number of benzene rings is 1. The Labute approximate surface area is 119 Å². The summed E-state index contributed by atoms with van der Waals surface area (Å²) in [7, 11) is 0. The van der Waals surface area contributed by atoms with Crippen molar-refractivity contribution < 1.29 is 0 Å². The van der Waals surface area contributed by atoms with Crippen molar-refractivity contribution in [2.75, 3.05) is 5.32 Å². The molecule has 1 N–H and O–H groups in total. The van der Waals surface area contributed by atoms with Crippen LogP contribution in [0.5, 0.6) is 0 Å². The predicted octanol–water partition coefficient (Wildman–Crippen LogP) is 4.35. The summed E-state index contributed by atoms with van der Waals surface area (Å²) < 4.78 is 4.24. The van der Waals surface area contributed by atoms with Crippen molar-refractivity contribution in [2.24, 2.45) is 5.41 Å². The van der Waals surface area contributed by atoms with Crippen molar-refractivity contribution in [1.82, 2.24) is 9.36 Å². The first-order valence-electron chi connectivity index (χ1n) is 6.50. The van der Waals surface area contributed by atoms with Crippen molar-refractivity contribution in [3.8, 4) is 0 Å². The maximum atomic E-state index is 4.42. The first-order valence-corrected chi connectivity index (χ1v) is 7.27. The first kappa shape index (κ1) is 14.0. The van der Waals surface area contributed by atoms with Gasteiger partial charge in [-0.3, -0.25) is 0 Å². The maximum Gasteiger partial charge on any atom is 0.203 e. The minimum absolute atomic E-state index is 0.103. The van der Waals surface area contributed by atoms with Crippen LogP contribution in [-0.4, -0.2) is 9.36 Å². The maximum absolute atomic E-state index is 4.42. The van der Waals surface area contributed by atoms with Crippen LogP contribution in [-0.2, 0) is 0 Å². The average molecular weight is 275 g/mol. The quantitative estimate of drug-likeness (QED) is 0.904. The Hall–Kier alpha value is -1.42. The van der Waals surface area contributed by atoms with E-state index in [-0.39, 0.29) is 11.5 Å². The summed E-state index contributed by atoms with van der Waals surface area (Å²) in [5.74, 6) is 0.824. The highest BCUT2D eigenvalue weighted by atomic mass is 32.1. The SMILES string of the molecule is Cc1nsc(NC(c2ccccc2C)C(C)(C)C)n1. The molecule has 0 saturated carbocycles. The molecule has 1 atom stereocenters. The summed E-state index contributed by atoms with van der Waals surface area (Å²) in [5.41, 5.74) is 2.73. The van der Waals surface area contributed by atoms with E-state index in [2.05, 4.69) is 66.6 Å². The van der Waals surface area contributed by atoms with Gasteiger partial charge < -0.3 is 5.32 Å². The zero-order valence-electron chi connectivity index (χ0n) is 12.2. The van der Waals surface area contributed by atoms with Gasteiger partial charge in [0.1, 0.15) is 5.82 Å². The van der Waals surface area contributed by atoms with Gasteiger partial charge in [0.15, 0.2) is 0 Å². The molecule has 0 amide bonds. The molecule has 0 aliphatic rings. The molecule has 0 aliphatic heterocycles. The monoisotopic (exact) mass is 275 g/mol. The predicted molar refractivity (Wildman–Crippen MR) is 81.6 cm³/mol. The van der Waals surface area contributed by atoms with Gasteiger partial charge in [0.25, 0.3) is 0 Å². The Kier molecular flexibility index (Phi) is 3.90. The standard InChI is InChI=1S/C15H21N3S/c1-10-8-6-7-9-12(10)13(15(3,4)5)17-14-16-11(2)18-19-14/h6-9,13H,1-5H3,(H,16,17,18). The zero-order valence-corrected chi connectivity index (χ0v) is 13.0. The molecule has 2 rings (SSSR count). The van der Waals surface area contributed by atoms with Gasteiger partial charge in [-0.2, -0.15) is 4.37 Å². The Morgan fingerprint density at radius 1 is 1.16 bits per heavy atom. The van der Waals surface area contributed by atoms with E-state index in [1.165, 1.54) is 22.7 Å². The van der Waals surface area contributed by atoms with Crippen molar-refractivity contribution >= 4 is 16.7 Å². The summed E-state index contributed by atoms with van der Waals surface area (Å²) in [5, 5.41) is 4.43. The Bertz CT molecular complexity index is 555. The van der Waals surface area contributed by atoms with E-state index < -0.39 is 0 Å². The van der Waals surface area contributed by atoms with Crippen LogP contribution >= 0.6 is 11.5 Å². The highest BCUT2D eigenvalue weighted by molar-refractivity contribution is 7.09. The minimum atomic E-state index is 0.103. The van der Waals surface area contributed by atoms with Crippen molar-refractivity contribution in [3.63, 3.8) is 0 Å². The fourth-order valence-corrected chi connectivity index (χ4v) is 2.75. The molecule has 1 aromatic carbocycles. The molecule has 1 heterocycles. The number of hydrogen-bond acceptors (Lipinski definition) is 4. The number of aryl methyl sites for hydroxylation is 2. The molecule has 4 heteroatoms. The van der Waals surface area contributed by atoms with Crippen LogP contribution < -0.4 is 5.32 Å². The molecule has 102 valence electrons. The number of rotatable bonds is 3. The number of aromatic nitrogens is 2. The number of anilines is 1. The molecule has 1 unspecified atom stereocenters. The second-order valence-electron chi connectivity index (χ2n) is 5.95. The van der Waals surface area contributed by atoms with Crippen LogP contribution in [0.4, 0.5) is 5.13 Å². The molecule has 2 aromatic rings. The molecule has 0 fully saturated rings. The van der Waals surface area contributed by atoms with E-state index in [1.807, 2.05) is 6.92 Å². The number of nitrogens with one attached hydrogen (secondary N) is 1. The Morgan fingerprint density at radius 2 is 1.84 bits per heavy atom. The van der Waals surface area contributed by atoms with E-state index >= 15 is 0 Å². The van der Waals surface area contributed by atoms with Crippen LogP contribution in [0.25, 0.3) is 0 Å². The lowest BCUT2D eigenvalue weighted by atomic mass is 9.81. The molecule has 0 saturated heterocycles. The van der Waals surface area contributed by atoms with Gasteiger partial charge in [-0.1, -0.05) is 45.0 Å². The summed E-state index contributed by atoms with van der Waals surface area (Å²) in [6.07, 6.45) is 0. The van der Waals surface area contributed by atoms with Crippen LogP contribution in [0.3, 0.4) is 0 Å². The Balaban J connectivity index is 2.35. The van der Waals surface area contributed by atoms with Gasteiger partial charge in [0.05, 0.1) is 6.04 Å². The third kappa shape index (κ3) is 3.32. The summed E-state index contributed by atoms with van der Waals surface area (Å²) in [6.45, 7) is 10.8. The Morgan fingerprint density at radius 3 is 2.37 bits per heavy atom. The summed E-state index contributed by atoms with van der Waals surface area (Å²) >= 11 is 1.42. The molecular formula is C15H21N3S. The normalized spacial score (nSPS) is 13.3. The van der Waals surface area contributed by atoms with Crippen molar-refractivity contribution in [3.05, 3.63) is 41.2 Å². The molecular weight excluding hydrogens is 254 g/mol. The highest BCUT2D eigenvalue weighted by Crippen LogP contribution is 2.37. The van der Waals surface area contributed by atoms with Gasteiger partial charge in [0.2, 0.25) is 5.13 Å². The van der Waals surface area contributed by atoms with E-state index in [0.29, 0.717) is 0 Å². The van der Waals surface area contributed by atoms with E-state index in [0.717, 1.165) is 11.0 Å².